The van der Waals surface area contributed by atoms with E-state index < -0.39 is 0 Å². The number of methoxy groups -OCH3 is 2. The molecular weight excluding hydrogens is 246 g/mol. The lowest BCUT2D eigenvalue weighted by atomic mass is 9.93. The average molecular weight is 265 g/mol. The molecule has 1 aromatic rings. The molecule has 1 aromatic heterocycles. The number of rotatable bonds is 7. The van der Waals surface area contributed by atoms with E-state index in [1.807, 2.05) is 18.2 Å². The fraction of sp³-hybridized carbons (Fsp3) is 0.500. The van der Waals surface area contributed by atoms with Crippen LogP contribution in [-0.2, 0) is 19.1 Å². The van der Waals surface area contributed by atoms with Gasteiger partial charge in [0.2, 0.25) is 0 Å². The lowest BCUT2D eigenvalue weighted by Crippen LogP contribution is -2.09. The molecule has 0 atom stereocenters. The van der Waals surface area contributed by atoms with Gasteiger partial charge in [-0.05, 0) is 25.0 Å². The summed E-state index contributed by atoms with van der Waals surface area (Å²) in [5.41, 5.74) is 0.885. The van der Waals surface area contributed by atoms with Crippen molar-refractivity contribution in [1.29, 1.82) is 0 Å². The molecule has 5 nitrogen and oxygen atoms in total. The Balaban J connectivity index is 2.62. The monoisotopic (exact) mass is 265 g/mol. The Bertz CT molecular complexity index is 385. The second-order valence-electron chi connectivity index (χ2n) is 4.18. The van der Waals surface area contributed by atoms with Crippen LogP contribution in [-0.4, -0.2) is 31.1 Å². The van der Waals surface area contributed by atoms with Crippen LogP contribution in [0.4, 0.5) is 0 Å². The molecule has 1 heterocycles. The first-order valence-electron chi connectivity index (χ1n) is 6.22. The third-order valence-corrected chi connectivity index (χ3v) is 2.96. The third-order valence-electron chi connectivity index (χ3n) is 2.96. The van der Waals surface area contributed by atoms with E-state index in [1.165, 1.54) is 14.2 Å². The van der Waals surface area contributed by atoms with Gasteiger partial charge in [0, 0.05) is 30.7 Å². The van der Waals surface area contributed by atoms with Crippen molar-refractivity contribution in [1.82, 2.24) is 4.98 Å². The minimum absolute atomic E-state index is 0.0550. The highest BCUT2D eigenvalue weighted by Gasteiger charge is 2.16. The van der Waals surface area contributed by atoms with Crippen LogP contribution in [0.2, 0.25) is 0 Å². The highest BCUT2D eigenvalue weighted by molar-refractivity contribution is 5.70. The summed E-state index contributed by atoms with van der Waals surface area (Å²) < 4.78 is 9.26. The molecule has 0 aliphatic carbocycles. The molecule has 0 aliphatic rings. The van der Waals surface area contributed by atoms with Gasteiger partial charge in [-0.2, -0.15) is 0 Å². The van der Waals surface area contributed by atoms with Crippen molar-refractivity contribution in [3.05, 3.63) is 30.1 Å². The summed E-state index contributed by atoms with van der Waals surface area (Å²) >= 11 is 0. The number of hydrogen-bond acceptors (Lipinski definition) is 5. The quantitative estimate of drug-likeness (QED) is 0.706. The van der Waals surface area contributed by atoms with Gasteiger partial charge >= 0.3 is 11.9 Å². The zero-order chi connectivity index (χ0) is 14.1. The highest BCUT2D eigenvalue weighted by Crippen LogP contribution is 2.25. The molecule has 0 N–H and O–H groups in total. The fourth-order valence-electron chi connectivity index (χ4n) is 1.85. The van der Waals surface area contributed by atoms with E-state index >= 15 is 0 Å². The molecule has 0 fully saturated rings. The largest absolute Gasteiger partial charge is 0.469 e. The zero-order valence-corrected chi connectivity index (χ0v) is 11.3. The first-order valence-corrected chi connectivity index (χ1v) is 6.22. The number of hydrogen-bond donors (Lipinski definition) is 0. The molecule has 19 heavy (non-hydrogen) atoms. The molecular formula is C14H19NO4. The smallest absolute Gasteiger partial charge is 0.305 e. The topological polar surface area (TPSA) is 65.5 Å². The number of ether oxygens (including phenoxy) is 2. The molecule has 0 unspecified atom stereocenters. The molecule has 0 amide bonds. The van der Waals surface area contributed by atoms with Gasteiger partial charge in [0.05, 0.1) is 14.2 Å². The van der Waals surface area contributed by atoms with E-state index in [2.05, 4.69) is 14.5 Å². The van der Waals surface area contributed by atoms with Crippen LogP contribution in [0.3, 0.4) is 0 Å². The molecule has 0 bridgehead atoms. The van der Waals surface area contributed by atoms with Gasteiger partial charge < -0.3 is 9.47 Å². The van der Waals surface area contributed by atoms with E-state index in [-0.39, 0.29) is 17.9 Å². The normalized spacial score (nSPS) is 10.3. The van der Waals surface area contributed by atoms with Crippen molar-refractivity contribution in [2.45, 2.75) is 31.6 Å². The summed E-state index contributed by atoms with van der Waals surface area (Å²) in [5.74, 6) is -0.447. The molecule has 5 heteroatoms. The number of carbonyl (C=O) groups is 2. The lowest BCUT2D eigenvalue weighted by molar-refractivity contribution is -0.141. The second-order valence-corrected chi connectivity index (χ2v) is 4.18. The van der Waals surface area contributed by atoms with E-state index in [1.54, 1.807) is 6.20 Å². The maximum absolute atomic E-state index is 11.2. The molecule has 0 saturated carbocycles. The maximum Gasteiger partial charge on any atom is 0.305 e. The van der Waals surface area contributed by atoms with Gasteiger partial charge in [0.1, 0.15) is 0 Å². The van der Waals surface area contributed by atoms with Crippen LogP contribution < -0.4 is 0 Å². The molecule has 104 valence electrons. The Labute approximate surface area is 112 Å². The van der Waals surface area contributed by atoms with Crippen molar-refractivity contribution in [3.8, 4) is 0 Å². The number of aromatic nitrogens is 1. The Morgan fingerprint density at radius 1 is 1.11 bits per heavy atom. The van der Waals surface area contributed by atoms with Crippen molar-refractivity contribution in [2.75, 3.05) is 14.2 Å². The predicted octanol–water partition coefficient (Wildman–Crippen LogP) is 2.07. The summed E-state index contributed by atoms with van der Waals surface area (Å²) in [5, 5.41) is 0. The summed E-state index contributed by atoms with van der Waals surface area (Å²) in [6, 6.07) is 5.63. The average Bonchev–Trinajstić information content (AvgIpc) is 2.47. The molecule has 0 aromatic carbocycles. The van der Waals surface area contributed by atoms with Gasteiger partial charge in [-0.3, -0.25) is 14.6 Å². The summed E-state index contributed by atoms with van der Waals surface area (Å²) in [6.07, 6.45) is 3.57. The fourth-order valence-corrected chi connectivity index (χ4v) is 1.85. The van der Waals surface area contributed by atoms with E-state index in [9.17, 15) is 9.59 Å². The number of pyridine rings is 1. The van der Waals surface area contributed by atoms with Gasteiger partial charge in [-0.25, -0.2) is 0 Å². The minimum atomic E-state index is -0.251. The predicted molar refractivity (Wildman–Crippen MR) is 69.5 cm³/mol. The molecule has 0 saturated heterocycles. The molecule has 0 radical (unpaired) electrons. The molecule has 0 aliphatic heterocycles. The standard InChI is InChI=1S/C14H19NO4/c1-18-13(16)8-6-11(7-9-14(17)19-2)12-5-3-4-10-15-12/h3-5,10-11H,6-9H2,1-2H3. The Kier molecular flexibility index (Phi) is 6.57. The van der Waals surface area contributed by atoms with Gasteiger partial charge in [0.25, 0.3) is 0 Å². The first kappa shape index (κ1) is 15.1. The third kappa shape index (κ3) is 5.50. The van der Waals surface area contributed by atoms with Crippen LogP contribution in [0, 0.1) is 0 Å². The number of nitrogens with zero attached hydrogens (tertiary/aromatic N) is 1. The van der Waals surface area contributed by atoms with Crippen molar-refractivity contribution in [3.63, 3.8) is 0 Å². The van der Waals surface area contributed by atoms with Crippen LogP contribution >= 0.6 is 0 Å². The molecule has 1 rings (SSSR count). The Hall–Kier alpha value is -1.91. The summed E-state index contributed by atoms with van der Waals surface area (Å²) in [6.45, 7) is 0. The van der Waals surface area contributed by atoms with E-state index in [4.69, 9.17) is 0 Å². The van der Waals surface area contributed by atoms with Gasteiger partial charge in [-0.1, -0.05) is 6.07 Å². The first-order chi connectivity index (χ1) is 9.17. The number of carbonyl (C=O) groups excluding carboxylic acids is 2. The van der Waals surface area contributed by atoms with Crippen LogP contribution in [0.15, 0.2) is 24.4 Å². The van der Waals surface area contributed by atoms with Crippen molar-refractivity contribution >= 4 is 11.9 Å². The lowest BCUT2D eigenvalue weighted by Gasteiger charge is -2.15. The zero-order valence-electron chi connectivity index (χ0n) is 11.3. The highest BCUT2D eigenvalue weighted by atomic mass is 16.5. The van der Waals surface area contributed by atoms with Crippen LogP contribution in [0.5, 0.6) is 0 Å². The van der Waals surface area contributed by atoms with Crippen LogP contribution in [0.1, 0.15) is 37.3 Å². The van der Waals surface area contributed by atoms with E-state index in [0.29, 0.717) is 25.7 Å². The Morgan fingerprint density at radius 3 is 2.11 bits per heavy atom. The van der Waals surface area contributed by atoms with Crippen molar-refractivity contribution < 1.29 is 19.1 Å². The van der Waals surface area contributed by atoms with Crippen molar-refractivity contribution in [2.24, 2.45) is 0 Å². The van der Waals surface area contributed by atoms with Gasteiger partial charge in [0.15, 0.2) is 0 Å². The van der Waals surface area contributed by atoms with Gasteiger partial charge in [-0.15, -0.1) is 0 Å². The number of esters is 2. The second kappa shape index (κ2) is 8.24. The summed E-state index contributed by atoms with van der Waals surface area (Å²) in [7, 11) is 2.74. The molecule has 0 spiro atoms. The SMILES string of the molecule is COC(=O)CCC(CCC(=O)OC)c1ccccn1. The minimum Gasteiger partial charge on any atom is -0.469 e. The Morgan fingerprint density at radius 2 is 1.68 bits per heavy atom. The van der Waals surface area contributed by atoms with E-state index in [0.717, 1.165) is 5.69 Å². The summed E-state index contributed by atoms with van der Waals surface area (Å²) in [4.78, 5) is 26.7. The van der Waals surface area contributed by atoms with Crippen LogP contribution in [0.25, 0.3) is 0 Å². The maximum atomic E-state index is 11.2.